The molecule has 2 N–H and O–H groups in total. The van der Waals surface area contributed by atoms with Crippen LogP contribution in [0.15, 0.2) is 96.7 Å². The van der Waals surface area contributed by atoms with Gasteiger partial charge in [-0.1, -0.05) is 54.6 Å². The number of allylic oxidation sites excluding steroid dienone is 4. The van der Waals surface area contributed by atoms with Crippen molar-refractivity contribution in [3.05, 3.63) is 119 Å². The summed E-state index contributed by atoms with van der Waals surface area (Å²) < 4.78 is 0. The van der Waals surface area contributed by atoms with Crippen molar-refractivity contribution in [2.45, 2.75) is 18.4 Å². The molecule has 3 aromatic carbocycles. The molecule has 0 saturated heterocycles. The van der Waals surface area contributed by atoms with Crippen molar-refractivity contribution in [2.75, 3.05) is 0 Å². The van der Waals surface area contributed by atoms with E-state index in [1.165, 1.54) is 0 Å². The van der Waals surface area contributed by atoms with Crippen molar-refractivity contribution in [1.82, 2.24) is 4.90 Å². The Bertz CT molecular complexity index is 1130. The third kappa shape index (κ3) is 2.89. The molecule has 0 saturated carbocycles. The van der Waals surface area contributed by atoms with Crippen LogP contribution in [0.1, 0.15) is 33.5 Å². The smallest absolute Gasteiger partial charge is 0.258 e. The Labute approximate surface area is 175 Å². The molecular formula is C26H21NO3. The minimum absolute atomic E-state index is 0.0254. The van der Waals surface area contributed by atoms with Gasteiger partial charge in [-0.25, -0.2) is 0 Å². The first-order chi connectivity index (χ1) is 14.6. The summed E-state index contributed by atoms with van der Waals surface area (Å²) in [4.78, 5) is 14.9. The molecule has 4 nitrogen and oxygen atoms in total. The topological polar surface area (TPSA) is 60.8 Å². The van der Waals surface area contributed by atoms with E-state index in [0.29, 0.717) is 13.0 Å². The number of carbonyl (C=O) groups excluding carboxylic acids is 1. The molecule has 148 valence electrons. The SMILES string of the molecule is O=C1c2ccccc2CN1C1=CC=CC(c2ccc(O)cc2)(c2ccc(O)cc2)C1. The molecule has 5 rings (SSSR count). The summed E-state index contributed by atoms with van der Waals surface area (Å²) in [6.07, 6.45) is 6.72. The van der Waals surface area contributed by atoms with Crippen LogP contribution >= 0.6 is 0 Å². The Balaban J connectivity index is 1.57. The Hall–Kier alpha value is -3.79. The summed E-state index contributed by atoms with van der Waals surface area (Å²) in [6, 6.07) is 22.1. The lowest BCUT2D eigenvalue weighted by Gasteiger charge is -2.37. The summed E-state index contributed by atoms with van der Waals surface area (Å²) in [5.41, 5.74) is 4.25. The number of nitrogens with zero attached hydrogens (tertiary/aromatic N) is 1. The normalized spacial score (nSPS) is 17.0. The quantitative estimate of drug-likeness (QED) is 0.664. The van der Waals surface area contributed by atoms with Crippen molar-refractivity contribution >= 4 is 5.91 Å². The number of rotatable bonds is 3. The lowest BCUT2D eigenvalue weighted by molar-refractivity contribution is 0.0818. The molecule has 4 heteroatoms. The van der Waals surface area contributed by atoms with E-state index in [9.17, 15) is 15.0 Å². The van der Waals surface area contributed by atoms with Crippen LogP contribution in [-0.2, 0) is 12.0 Å². The molecule has 1 amide bonds. The average Bonchev–Trinajstić information content (AvgIpc) is 3.11. The maximum Gasteiger partial charge on any atom is 0.258 e. The minimum atomic E-state index is -0.513. The summed E-state index contributed by atoms with van der Waals surface area (Å²) in [5, 5.41) is 19.6. The summed E-state index contributed by atoms with van der Waals surface area (Å²) >= 11 is 0. The number of phenolic OH excluding ortho intramolecular Hbond substituents is 2. The second-order valence-electron chi connectivity index (χ2n) is 7.81. The molecule has 0 atom stereocenters. The lowest BCUT2D eigenvalue weighted by atomic mass is 9.69. The molecule has 30 heavy (non-hydrogen) atoms. The molecule has 0 fully saturated rings. The number of hydrogen-bond donors (Lipinski definition) is 2. The van der Waals surface area contributed by atoms with Crippen molar-refractivity contribution in [1.29, 1.82) is 0 Å². The van der Waals surface area contributed by atoms with E-state index in [1.54, 1.807) is 24.3 Å². The maximum absolute atomic E-state index is 13.1. The maximum atomic E-state index is 13.1. The summed E-state index contributed by atoms with van der Waals surface area (Å²) in [6.45, 7) is 0.565. The predicted octanol–water partition coefficient (Wildman–Crippen LogP) is 4.88. The molecule has 3 aromatic rings. The standard InChI is InChI=1S/C26H21NO3/c28-22-11-7-19(8-12-22)26(20-9-13-23(29)14-10-20)15-3-5-21(16-26)27-17-18-4-1-2-6-24(18)25(27)30/h1-15,28-29H,16-17H2. The van der Waals surface area contributed by atoms with Crippen LogP contribution in [0.25, 0.3) is 0 Å². The van der Waals surface area contributed by atoms with Crippen LogP contribution in [0.3, 0.4) is 0 Å². The fraction of sp³-hybridized carbons (Fsp3) is 0.115. The zero-order valence-corrected chi connectivity index (χ0v) is 16.3. The highest BCUT2D eigenvalue weighted by Gasteiger charge is 2.38. The van der Waals surface area contributed by atoms with Crippen LogP contribution in [0.2, 0.25) is 0 Å². The van der Waals surface area contributed by atoms with Gasteiger partial charge in [-0.3, -0.25) is 4.79 Å². The molecule has 1 aliphatic heterocycles. The number of benzene rings is 3. The van der Waals surface area contributed by atoms with Crippen molar-refractivity contribution in [3.8, 4) is 11.5 Å². The van der Waals surface area contributed by atoms with Crippen molar-refractivity contribution < 1.29 is 15.0 Å². The zero-order chi connectivity index (χ0) is 20.7. The molecule has 1 heterocycles. The van der Waals surface area contributed by atoms with Crippen LogP contribution in [0.5, 0.6) is 11.5 Å². The number of carbonyl (C=O) groups is 1. The van der Waals surface area contributed by atoms with Gasteiger partial charge in [0.2, 0.25) is 0 Å². The Morgan fingerprint density at radius 3 is 2.00 bits per heavy atom. The van der Waals surface area contributed by atoms with Gasteiger partial charge >= 0.3 is 0 Å². The molecule has 0 radical (unpaired) electrons. The number of aromatic hydroxyl groups is 2. The monoisotopic (exact) mass is 395 g/mol. The van der Waals surface area contributed by atoms with Crippen LogP contribution < -0.4 is 0 Å². The van der Waals surface area contributed by atoms with E-state index < -0.39 is 5.41 Å². The third-order valence-electron chi connectivity index (χ3n) is 6.06. The van der Waals surface area contributed by atoms with Crippen LogP contribution in [0, 0.1) is 0 Å². The molecular weight excluding hydrogens is 374 g/mol. The Morgan fingerprint density at radius 2 is 1.40 bits per heavy atom. The first-order valence-corrected chi connectivity index (χ1v) is 9.94. The molecule has 0 bridgehead atoms. The molecule has 2 aliphatic rings. The van der Waals surface area contributed by atoms with E-state index in [1.807, 2.05) is 65.6 Å². The second kappa shape index (κ2) is 6.92. The molecule has 0 unspecified atom stereocenters. The molecule has 1 aliphatic carbocycles. The van der Waals surface area contributed by atoms with Gasteiger partial charge in [0.1, 0.15) is 11.5 Å². The Kier molecular flexibility index (Phi) is 4.21. The van der Waals surface area contributed by atoms with Crippen LogP contribution in [-0.4, -0.2) is 21.0 Å². The summed E-state index contributed by atoms with van der Waals surface area (Å²) in [7, 11) is 0. The number of hydrogen-bond acceptors (Lipinski definition) is 3. The Morgan fingerprint density at radius 1 is 0.800 bits per heavy atom. The van der Waals surface area contributed by atoms with Gasteiger partial charge in [0.15, 0.2) is 0 Å². The fourth-order valence-electron chi connectivity index (χ4n) is 4.48. The van der Waals surface area contributed by atoms with Crippen LogP contribution in [0.4, 0.5) is 0 Å². The van der Waals surface area contributed by atoms with E-state index in [0.717, 1.165) is 28.0 Å². The van der Waals surface area contributed by atoms with Gasteiger partial charge in [-0.2, -0.15) is 0 Å². The zero-order valence-electron chi connectivity index (χ0n) is 16.3. The summed E-state index contributed by atoms with van der Waals surface area (Å²) in [5.74, 6) is 0.443. The number of amides is 1. The van der Waals surface area contributed by atoms with Gasteiger partial charge in [-0.05, 0) is 53.1 Å². The van der Waals surface area contributed by atoms with Crippen molar-refractivity contribution in [3.63, 3.8) is 0 Å². The van der Waals surface area contributed by atoms with Gasteiger partial charge < -0.3 is 15.1 Å². The largest absolute Gasteiger partial charge is 0.508 e. The number of fused-ring (bicyclic) bond motifs is 1. The third-order valence-corrected chi connectivity index (χ3v) is 6.06. The van der Waals surface area contributed by atoms with E-state index >= 15 is 0 Å². The van der Waals surface area contributed by atoms with Gasteiger partial charge in [0.25, 0.3) is 5.91 Å². The molecule has 0 aromatic heterocycles. The predicted molar refractivity (Wildman–Crippen MR) is 115 cm³/mol. The molecule has 0 spiro atoms. The second-order valence-corrected chi connectivity index (χ2v) is 7.81. The van der Waals surface area contributed by atoms with E-state index in [4.69, 9.17) is 0 Å². The lowest BCUT2D eigenvalue weighted by Crippen LogP contribution is -2.33. The van der Waals surface area contributed by atoms with E-state index in [2.05, 4.69) is 6.08 Å². The van der Waals surface area contributed by atoms with Gasteiger partial charge in [0.05, 0.1) is 6.54 Å². The van der Waals surface area contributed by atoms with E-state index in [-0.39, 0.29) is 17.4 Å². The highest BCUT2D eigenvalue weighted by molar-refractivity contribution is 5.99. The van der Waals surface area contributed by atoms with Crippen molar-refractivity contribution in [2.24, 2.45) is 0 Å². The average molecular weight is 395 g/mol. The first kappa shape index (κ1) is 18.3. The first-order valence-electron chi connectivity index (χ1n) is 9.94. The van der Waals surface area contributed by atoms with Gasteiger partial charge in [-0.15, -0.1) is 0 Å². The van der Waals surface area contributed by atoms with Gasteiger partial charge in [0, 0.05) is 23.1 Å². The number of phenols is 2. The highest BCUT2D eigenvalue weighted by Crippen LogP contribution is 2.44. The minimum Gasteiger partial charge on any atom is -0.508 e. The highest BCUT2D eigenvalue weighted by atomic mass is 16.3. The fourth-order valence-corrected chi connectivity index (χ4v) is 4.48.